The number of aryl methyl sites for hydroxylation is 1. The molecule has 1 amide bonds. The molecule has 0 atom stereocenters. The lowest BCUT2D eigenvalue weighted by Gasteiger charge is -2.25. The standard InChI is InChI=1S/C24H30N2O3S.C2HF3O2/c1-2-18-8-14-22(15-9-18)30(28,29)26-21-12-10-19(11-13-21)24(16-17-24)23(27)25-20-6-4-3-5-7-20;3-2(4,5)1(6)7/h8-15,20,26H,2-7,16-17H2,1H3,(H,25,27);(H,6,7). The number of nitrogens with one attached hydrogen (secondary N) is 2. The molecule has 37 heavy (non-hydrogen) atoms. The van der Waals surface area contributed by atoms with Crippen LogP contribution in [0.2, 0.25) is 0 Å². The summed E-state index contributed by atoms with van der Waals surface area (Å²) >= 11 is 0. The van der Waals surface area contributed by atoms with Gasteiger partial charge in [-0.1, -0.05) is 50.5 Å². The van der Waals surface area contributed by atoms with E-state index in [9.17, 15) is 26.4 Å². The van der Waals surface area contributed by atoms with Gasteiger partial charge in [-0.05, 0) is 67.5 Å². The lowest BCUT2D eigenvalue weighted by atomic mass is 9.91. The number of amides is 1. The van der Waals surface area contributed by atoms with E-state index in [4.69, 9.17) is 9.90 Å². The summed E-state index contributed by atoms with van der Waals surface area (Å²) in [5.74, 6) is -2.63. The second kappa shape index (κ2) is 11.5. The van der Waals surface area contributed by atoms with Crippen molar-refractivity contribution in [2.45, 2.75) is 80.8 Å². The van der Waals surface area contributed by atoms with Crippen LogP contribution >= 0.6 is 0 Å². The maximum absolute atomic E-state index is 12.9. The molecule has 7 nitrogen and oxygen atoms in total. The van der Waals surface area contributed by atoms with E-state index in [0.29, 0.717) is 11.7 Å². The zero-order valence-corrected chi connectivity index (χ0v) is 21.3. The second-order valence-electron chi connectivity index (χ2n) is 9.37. The molecular formula is C26H31F3N2O5S. The molecule has 2 fully saturated rings. The van der Waals surface area contributed by atoms with Crippen molar-refractivity contribution in [3.63, 3.8) is 0 Å². The Bertz CT molecular complexity index is 1190. The van der Waals surface area contributed by atoms with E-state index in [2.05, 4.69) is 10.0 Å². The van der Waals surface area contributed by atoms with Crippen molar-refractivity contribution in [2.24, 2.45) is 0 Å². The first kappa shape index (κ1) is 28.5. The highest BCUT2D eigenvalue weighted by atomic mass is 32.2. The summed E-state index contributed by atoms with van der Waals surface area (Å²) in [5, 5.41) is 10.4. The number of hydrogen-bond acceptors (Lipinski definition) is 4. The van der Waals surface area contributed by atoms with Crippen molar-refractivity contribution in [3.8, 4) is 0 Å². The minimum Gasteiger partial charge on any atom is -0.475 e. The van der Waals surface area contributed by atoms with Crippen molar-refractivity contribution < 1.29 is 36.3 Å². The molecule has 4 rings (SSSR count). The number of anilines is 1. The minimum absolute atomic E-state index is 0.124. The van der Waals surface area contributed by atoms with Crippen molar-refractivity contribution in [3.05, 3.63) is 59.7 Å². The van der Waals surface area contributed by atoms with Crippen molar-refractivity contribution in [1.82, 2.24) is 5.32 Å². The molecule has 2 aliphatic rings. The second-order valence-corrected chi connectivity index (χ2v) is 11.1. The van der Waals surface area contributed by atoms with E-state index in [1.807, 2.05) is 31.2 Å². The molecule has 0 spiro atoms. The molecule has 0 unspecified atom stereocenters. The molecule has 0 saturated heterocycles. The lowest BCUT2D eigenvalue weighted by molar-refractivity contribution is -0.192. The molecule has 2 aromatic rings. The Labute approximate surface area is 214 Å². The predicted octanol–water partition coefficient (Wildman–Crippen LogP) is 5.16. The average Bonchev–Trinajstić information content (AvgIpc) is 3.67. The van der Waals surface area contributed by atoms with Gasteiger partial charge >= 0.3 is 12.1 Å². The van der Waals surface area contributed by atoms with Crippen LogP contribution < -0.4 is 10.0 Å². The van der Waals surface area contributed by atoms with E-state index < -0.39 is 27.6 Å². The maximum atomic E-state index is 12.9. The van der Waals surface area contributed by atoms with Gasteiger partial charge in [-0.2, -0.15) is 13.2 Å². The summed E-state index contributed by atoms with van der Waals surface area (Å²) in [4.78, 5) is 22.1. The van der Waals surface area contributed by atoms with E-state index in [-0.39, 0.29) is 10.8 Å². The largest absolute Gasteiger partial charge is 0.490 e. The molecule has 0 radical (unpaired) electrons. The molecule has 0 aliphatic heterocycles. The normalized spacial score (nSPS) is 17.2. The van der Waals surface area contributed by atoms with Crippen LogP contribution in [0.15, 0.2) is 53.4 Å². The Hall–Kier alpha value is -3.08. The van der Waals surface area contributed by atoms with Gasteiger partial charge in [0.25, 0.3) is 10.0 Å². The van der Waals surface area contributed by atoms with Gasteiger partial charge in [0.15, 0.2) is 0 Å². The summed E-state index contributed by atoms with van der Waals surface area (Å²) in [7, 11) is -3.64. The third-order valence-electron chi connectivity index (χ3n) is 6.70. The molecular weight excluding hydrogens is 509 g/mol. The fourth-order valence-electron chi connectivity index (χ4n) is 4.32. The number of halogens is 3. The van der Waals surface area contributed by atoms with Gasteiger partial charge < -0.3 is 10.4 Å². The quantitative estimate of drug-likeness (QED) is 0.449. The van der Waals surface area contributed by atoms with Gasteiger partial charge in [-0.15, -0.1) is 0 Å². The summed E-state index contributed by atoms with van der Waals surface area (Å²) in [6, 6.07) is 14.5. The number of benzene rings is 2. The van der Waals surface area contributed by atoms with Crippen LogP contribution in [0.1, 0.15) is 63.0 Å². The van der Waals surface area contributed by atoms with Gasteiger partial charge in [0.1, 0.15) is 0 Å². The number of carboxylic acids is 1. The number of hydrogen-bond donors (Lipinski definition) is 3. The Balaban J connectivity index is 0.000000479. The van der Waals surface area contributed by atoms with E-state index in [1.165, 1.54) is 19.3 Å². The van der Waals surface area contributed by atoms with E-state index in [0.717, 1.165) is 43.2 Å². The van der Waals surface area contributed by atoms with Crippen LogP contribution in [-0.2, 0) is 31.4 Å². The summed E-state index contributed by atoms with van der Waals surface area (Å²) < 4.78 is 59.7. The Kier molecular flexibility index (Phi) is 8.88. The monoisotopic (exact) mass is 540 g/mol. The third kappa shape index (κ3) is 7.47. The molecule has 202 valence electrons. The molecule has 2 saturated carbocycles. The number of rotatable bonds is 7. The average molecular weight is 541 g/mol. The van der Waals surface area contributed by atoms with Crippen molar-refractivity contribution in [2.75, 3.05) is 4.72 Å². The highest BCUT2D eigenvalue weighted by Gasteiger charge is 2.51. The van der Waals surface area contributed by atoms with E-state index >= 15 is 0 Å². The Morgan fingerprint density at radius 1 is 0.973 bits per heavy atom. The van der Waals surface area contributed by atoms with Crippen LogP contribution in [-0.4, -0.2) is 37.6 Å². The lowest BCUT2D eigenvalue weighted by Crippen LogP contribution is -2.42. The van der Waals surface area contributed by atoms with Gasteiger partial charge in [-0.3, -0.25) is 9.52 Å². The summed E-state index contributed by atoms with van der Waals surface area (Å²) in [6.07, 6.45) is 3.26. The smallest absolute Gasteiger partial charge is 0.475 e. The van der Waals surface area contributed by atoms with Crippen LogP contribution in [0.25, 0.3) is 0 Å². The molecule has 0 heterocycles. The maximum Gasteiger partial charge on any atom is 0.490 e. The minimum atomic E-state index is -5.08. The number of aliphatic carboxylic acids is 1. The zero-order chi connectivity index (χ0) is 27.3. The van der Waals surface area contributed by atoms with Gasteiger partial charge in [0, 0.05) is 11.7 Å². The number of alkyl halides is 3. The van der Waals surface area contributed by atoms with Crippen molar-refractivity contribution in [1.29, 1.82) is 0 Å². The van der Waals surface area contributed by atoms with Crippen LogP contribution in [0.5, 0.6) is 0 Å². The number of sulfonamides is 1. The van der Waals surface area contributed by atoms with E-state index in [1.54, 1.807) is 24.3 Å². The Morgan fingerprint density at radius 2 is 1.51 bits per heavy atom. The van der Waals surface area contributed by atoms with Crippen LogP contribution in [0.4, 0.5) is 18.9 Å². The van der Waals surface area contributed by atoms with Gasteiger partial charge in [0.05, 0.1) is 10.3 Å². The summed E-state index contributed by atoms with van der Waals surface area (Å²) in [6.45, 7) is 2.03. The van der Waals surface area contributed by atoms with Crippen LogP contribution in [0.3, 0.4) is 0 Å². The zero-order valence-electron chi connectivity index (χ0n) is 20.5. The van der Waals surface area contributed by atoms with Gasteiger partial charge in [0.2, 0.25) is 5.91 Å². The van der Waals surface area contributed by atoms with Crippen LogP contribution in [0, 0.1) is 0 Å². The first-order valence-corrected chi connectivity index (χ1v) is 13.7. The molecule has 0 aromatic heterocycles. The fraction of sp³-hybridized carbons (Fsp3) is 0.462. The highest BCUT2D eigenvalue weighted by molar-refractivity contribution is 7.92. The van der Waals surface area contributed by atoms with Crippen molar-refractivity contribution >= 4 is 27.6 Å². The number of carbonyl (C=O) groups is 2. The molecule has 2 aliphatic carbocycles. The number of carboxylic acid groups (broad SMARTS) is 1. The molecule has 3 N–H and O–H groups in total. The molecule has 0 bridgehead atoms. The third-order valence-corrected chi connectivity index (χ3v) is 8.10. The SMILES string of the molecule is CCc1ccc(S(=O)(=O)Nc2ccc(C3(C(=O)NC4CCCCC4)CC3)cc2)cc1.O=C(O)C(F)(F)F. The first-order valence-electron chi connectivity index (χ1n) is 12.2. The fourth-order valence-corrected chi connectivity index (χ4v) is 5.38. The topological polar surface area (TPSA) is 113 Å². The first-order chi connectivity index (χ1) is 17.4. The molecule has 2 aromatic carbocycles. The Morgan fingerprint density at radius 3 is 1.97 bits per heavy atom. The summed E-state index contributed by atoms with van der Waals surface area (Å²) in [5.41, 5.74) is 2.12. The molecule has 11 heteroatoms. The van der Waals surface area contributed by atoms with Gasteiger partial charge in [-0.25, -0.2) is 13.2 Å². The highest BCUT2D eigenvalue weighted by Crippen LogP contribution is 2.49. The number of carbonyl (C=O) groups excluding carboxylic acids is 1. The predicted molar refractivity (Wildman–Crippen MR) is 133 cm³/mol.